The lowest BCUT2D eigenvalue weighted by atomic mass is 10.2. The van der Waals surface area contributed by atoms with Crippen molar-refractivity contribution in [3.05, 3.63) is 45.9 Å². The average Bonchev–Trinajstić information content (AvgIpc) is 3.04. The third kappa shape index (κ3) is 2.54. The van der Waals surface area contributed by atoms with Crippen LogP contribution in [-0.4, -0.2) is 16.7 Å². The lowest BCUT2D eigenvalue weighted by Gasteiger charge is -2.10. The molecule has 0 aliphatic heterocycles. The molecule has 0 fully saturated rings. The first kappa shape index (κ1) is 14.4. The highest BCUT2D eigenvalue weighted by atomic mass is 35.5. The molecule has 3 rings (SSSR count). The number of hydrogen-bond acceptors (Lipinski definition) is 3. The van der Waals surface area contributed by atoms with Crippen LogP contribution < -0.4 is 4.74 Å². The first-order chi connectivity index (χ1) is 10.1. The highest BCUT2D eigenvalue weighted by Gasteiger charge is 2.18. The topological polar surface area (TPSA) is 27.1 Å². The maximum absolute atomic E-state index is 6.33. The Morgan fingerprint density at radius 3 is 2.81 bits per heavy atom. The fourth-order valence-corrected chi connectivity index (χ4v) is 3.54. The first-order valence-electron chi connectivity index (χ1n) is 6.82. The summed E-state index contributed by atoms with van der Waals surface area (Å²) in [5, 5.41) is 1.97. The highest BCUT2D eigenvalue weighted by molar-refractivity contribution is 7.10. The maximum atomic E-state index is 6.33. The van der Waals surface area contributed by atoms with Crippen LogP contribution in [0.15, 0.2) is 29.6 Å². The molecule has 0 radical (unpaired) electrons. The quantitative estimate of drug-likeness (QED) is 0.648. The van der Waals surface area contributed by atoms with Crippen molar-refractivity contribution in [2.75, 3.05) is 7.11 Å². The van der Waals surface area contributed by atoms with Crippen molar-refractivity contribution in [1.29, 1.82) is 0 Å². The van der Waals surface area contributed by atoms with Crippen molar-refractivity contribution < 1.29 is 4.74 Å². The number of para-hydroxylation sites is 1. The van der Waals surface area contributed by atoms with Crippen molar-refractivity contribution in [3.63, 3.8) is 0 Å². The largest absolute Gasteiger partial charge is 0.494 e. The molecule has 3 aromatic rings. The van der Waals surface area contributed by atoms with Gasteiger partial charge in [-0.3, -0.25) is 0 Å². The van der Waals surface area contributed by atoms with Gasteiger partial charge in [0.15, 0.2) is 0 Å². The average molecular weight is 321 g/mol. The molecule has 1 atom stereocenters. The Bertz CT molecular complexity index is 776. The number of nitrogens with zero attached hydrogens (tertiary/aromatic N) is 2. The Morgan fingerprint density at radius 2 is 2.19 bits per heavy atom. The van der Waals surface area contributed by atoms with Crippen LogP contribution in [0.2, 0.25) is 0 Å². The number of rotatable bonds is 4. The molecule has 0 bridgehead atoms. The van der Waals surface area contributed by atoms with Crippen LogP contribution in [0.5, 0.6) is 5.75 Å². The van der Waals surface area contributed by atoms with Gasteiger partial charge in [-0.1, -0.05) is 6.07 Å². The number of benzene rings is 1. The summed E-state index contributed by atoms with van der Waals surface area (Å²) in [6.07, 6.45) is 0. The number of hydrogen-bond donors (Lipinski definition) is 0. The third-order valence-corrected chi connectivity index (χ3v) is 4.82. The van der Waals surface area contributed by atoms with Crippen LogP contribution in [0.4, 0.5) is 0 Å². The number of ether oxygens (including phenoxy) is 1. The Hall–Kier alpha value is -1.52. The Kier molecular flexibility index (Phi) is 3.91. The van der Waals surface area contributed by atoms with Crippen LogP contribution in [0.25, 0.3) is 11.0 Å². The van der Waals surface area contributed by atoms with Gasteiger partial charge in [0.25, 0.3) is 0 Å². The second-order valence-electron chi connectivity index (χ2n) is 5.03. The molecule has 3 nitrogen and oxygen atoms in total. The van der Waals surface area contributed by atoms with Crippen LogP contribution in [0, 0.1) is 6.92 Å². The minimum Gasteiger partial charge on any atom is -0.494 e. The number of thiophene rings is 1. The second kappa shape index (κ2) is 5.70. The van der Waals surface area contributed by atoms with Gasteiger partial charge in [0.05, 0.1) is 24.5 Å². The Labute approximate surface area is 133 Å². The number of imidazole rings is 1. The van der Waals surface area contributed by atoms with Crippen molar-refractivity contribution in [3.8, 4) is 5.75 Å². The molecule has 2 heterocycles. The van der Waals surface area contributed by atoms with Crippen molar-refractivity contribution in [2.24, 2.45) is 0 Å². The third-order valence-electron chi connectivity index (χ3n) is 3.62. The minimum absolute atomic E-state index is 0.151. The lowest BCUT2D eigenvalue weighted by molar-refractivity contribution is 0.419. The van der Waals surface area contributed by atoms with Gasteiger partial charge in [-0.25, -0.2) is 4.98 Å². The molecule has 110 valence electrons. The second-order valence-corrected chi connectivity index (χ2v) is 6.68. The van der Waals surface area contributed by atoms with Crippen LogP contribution in [0.1, 0.15) is 28.6 Å². The van der Waals surface area contributed by atoms with Crippen molar-refractivity contribution >= 4 is 34.0 Å². The number of fused-ring (bicyclic) bond motifs is 1. The summed E-state index contributed by atoms with van der Waals surface area (Å²) in [6.45, 7) is 4.88. The molecule has 1 aromatic carbocycles. The summed E-state index contributed by atoms with van der Waals surface area (Å²) in [5.41, 5.74) is 3.24. The summed E-state index contributed by atoms with van der Waals surface area (Å²) >= 11 is 8.10. The highest BCUT2D eigenvalue weighted by Crippen LogP contribution is 2.31. The molecule has 0 aliphatic carbocycles. The van der Waals surface area contributed by atoms with E-state index in [9.17, 15) is 0 Å². The van der Waals surface area contributed by atoms with Gasteiger partial charge in [0, 0.05) is 4.88 Å². The molecule has 21 heavy (non-hydrogen) atoms. The summed E-state index contributed by atoms with van der Waals surface area (Å²) in [4.78, 5) is 6.03. The predicted octanol–water partition coefficient (Wildman–Crippen LogP) is 4.76. The molecule has 0 aliphatic rings. The molecule has 0 N–H and O–H groups in total. The molecule has 0 saturated carbocycles. The normalized spacial score (nSPS) is 12.8. The summed E-state index contributed by atoms with van der Waals surface area (Å²) < 4.78 is 7.61. The van der Waals surface area contributed by atoms with E-state index in [2.05, 4.69) is 29.0 Å². The summed E-state index contributed by atoms with van der Waals surface area (Å²) in [6, 6.07) is 8.13. The van der Waals surface area contributed by atoms with E-state index < -0.39 is 0 Å². The van der Waals surface area contributed by atoms with Gasteiger partial charge < -0.3 is 9.30 Å². The molecule has 1 unspecified atom stereocenters. The predicted molar refractivity (Wildman–Crippen MR) is 88.7 cm³/mol. The maximum Gasteiger partial charge on any atom is 0.146 e. The van der Waals surface area contributed by atoms with E-state index in [-0.39, 0.29) is 5.38 Å². The number of halogens is 1. The van der Waals surface area contributed by atoms with Gasteiger partial charge in [-0.2, -0.15) is 0 Å². The van der Waals surface area contributed by atoms with Crippen molar-refractivity contribution in [2.45, 2.75) is 25.8 Å². The van der Waals surface area contributed by atoms with Gasteiger partial charge in [-0.05, 0) is 43.0 Å². The zero-order chi connectivity index (χ0) is 15.0. The van der Waals surface area contributed by atoms with E-state index in [1.807, 2.05) is 19.1 Å². The lowest BCUT2D eigenvalue weighted by Crippen LogP contribution is -2.05. The minimum atomic E-state index is -0.151. The van der Waals surface area contributed by atoms with Crippen LogP contribution in [-0.2, 0) is 6.54 Å². The number of aromatic nitrogens is 2. The van der Waals surface area contributed by atoms with Gasteiger partial charge in [0.1, 0.15) is 17.1 Å². The Balaban J connectivity index is 2.19. The standard InChI is InChI=1S/C16H17ClN2OS/c1-10-7-8-21-14(10)9-19-12-5-4-6-13(20-3)15(12)18-16(19)11(2)17/h4-8,11H,9H2,1-3H3. The van der Waals surface area contributed by atoms with E-state index in [1.54, 1.807) is 18.4 Å². The zero-order valence-corrected chi connectivity index (χ0v) is 13.8. The number of methoxy groups -OCH3 is 1. The molecule has 5 heteroatoms. The summed E-state index contributed by atoms with van der Waals surface area (Å²) in [7, 11) is 1.67. The van der Waals surface area contributed by atoms with E-state index in [1.165, 1.54) is 10.4 Å². The van der Waals surface area contributed by atoms with E-state index in [0.717, 1.165) is 29.2 Å². The molecule has 0 saturated heterocycles. The van der Waals surface area contributed by atoms with Crippen LogP contribution in [0.3, 0.4) is 0 Å². The van der Waals surface area contributed by atoms with Gasteiger partial charge in [-0.15, -0.1) is 22.9 Å². The van der Waals surface area contributed by atoms with Crippen molar-refractivity contribution in [1.82, 2.24) is 9.55 Å². The molecular formula is C16H17ClN2OS. The molecule has 2 aromatic heterocycles. The van der Waals surface area contributed by atoms with E-state index >= 15 is 0 Å². The van der Waals surface area contributed by atoms with Gasteiger partial charge in [0.2, 0.25) is 0 Å². The van der Waals surface area contributed by atoms with E-state index in [4.69, 9.17) is 21.3 Å². The number of alkyl halides is 1. The van der Waals surface area contributed by atoms with Gasteiger partial charge >= 0.3 is 0 Å². The molecular weight excluding hydrogens is 304 g/mol. The van der Waals surface area contributed by atoms with Crippen LogP contribution >= 0.6 is 22.9 Å². The zero-order valence-electron chi connectivity index (χ0n) is 12.3. The number of aryl methyl sites for hydroxylation is 1. The smallest absolute Gasteiger partial charge is 0.146 e. The Morgan fingerprint density at radius 1 is 1.38 bits per heavy atom. The molecule has 0 amide bonds. The fourth-order valence-electron chi connectivity index (χ4n) is 2.48. The fraction of sp³-hybridized carbons (Fsp3) is 0.312. The summed E-state index contributed by atoms with van der Waals surface area (Å²) in [5.74, 6) is 1.66. The molecule has 0 spiro atoms. The SMILES string of the molecule is COc1cccc2c1nc(C(C)Cl)n2Cc1sccc1C. The monoisotopic (exact) mass is 320 g/mol. The van der Waals surface area contributed by atoms with E-state index in [0.29, 0.717) is 0 Å². The first-order valence-corrected chi connectivity index (χ1v) is 8.13.